The summed E-state index contributed by atoms with van der Waals surface area (Å²) in [6, 6.07) is 18.2. The van der Waals surface area contributed by atoms with E-state index in [1.165, 1.54) is 17.7 Å². The van der Waals surface area contributed by atoms with E-state index in [0.29, 0.717) is 74.4 Å². The Hall–Kier alpha value is -5.50. The summed E-state index contributed by atoms with van der Waals surface area (Å²) in [6.07, 6.45) is 3.03. The number of pyridine rings is 2. The number of β-amino-alcohol motifs (C(OH)–C–C–N with tert-alkyl or cyclic N) is 1. The molecule has 52 heavy (non-hydrogen) atoms. The Morgan fingerprint density at radius 1 is 1.02 bits per heavy atom. The summed E-state index contributed by atoms with van der Waals surface area (Å²) in [6.45, 7) is 0.725. The molecule has 0 bridgehead atoms. The maximum Gasteiger partial charge on any atom is 0.407 e. The highest BCUT2D eigenvalue weighted by atomic mass is 35.5. The van der Waals surface area contributed by atoms with Crippen LogP contribution in [0.25, 0.3) is 39.2 Å². The van der Waals surface area contributed by atoms with Gasteiger partial charge >= 0.3 is 6.09 Å². The van der Waals surface area contributed by atoms with Crippen molar-refractivity contribution >= 4 is 46.7 Å². The number of amidine groups is 1. The standard InChI is InChI=1S/C37H33Cl2N7O6/c1-51-35-21(19-52-37(50)43-15-22-9-11-31(48)44-22)8-10-29(45-35)27-7-3-6-26(33(27)39)25-5-2-4-24(32(25)38)20-12-13-46-30(14-20)40-18-28(36(46)49)34-41-16-23(47)17-42-34/h2-8,10,12-14,18,22-23,47H,9,11,15-17,19H2,1H3,(H,41,42)(H,43,50)(H,44,48)/t22-/m0/s1. The molecular weight excluding hydrogens is 709 g/mol. The van der Waals surface area contributed by atoms with Gasteiger partial charge in [-0.2, -0.15) is 0 Å². The smallest absolute Gasteiger partial charge is 0.407 e. The minimum atomic E-state index is -0.616. The number of nitrogens with one attached hydrogen (secondary N) is 3. The third kappa shape index (κ3) is 7.15. The monoisotopic (exact) mass is 741 g/mol. The molecule has 0 radical (unpaired) electrons. The Kier molecular flexibility index (Phi) is 10.1. The molecule has 1 unspecified atom stereocenters. The van der Waals surface area contributed by atoms with Crippen LogP contribution >= 0.6 is 23.2 Å². The number of aliphatic imine (C=N–C) groups is 1. The minimum absolute atomic E-state index is 0.0282. The fourth-order valence-electron chi connectivity index (χ4n) is 6.15. The Morgan fingerprint density at radius 2 is 1.77 bits per heavy atom. The van der Waals surface area contributed by atoms with Crippen LogP contribution in [0.15, 0.2) is 82.8 Å². The second-order valence-corrected chi connectivity index (χ2v) is 13.1. The number of methoxy groups -OCH3 is 1. The van der Waals surface area contributed by atoms with Crippen molar-refractivity contribution in [1.29, 1.82) is 0 Å². The molecule has 0 aliphatic carbocycles. The van der Waals surface area contributed by atoms with Gasteiger partial charge in [-0.15, -0.1) is 0 Å². The lowest BCUT2D eigenvalue weighted by Crippen LogP contribution is -2.42. The van der Waals surface area contributed by atoms with Crippen LogP contribution in [0.5, 0.6) is 5.88 Å². The zero-order valence-corrected chi connectivity index (χ0v) is 29.4. The zero-order chi connectivity index (χ0) is 36.4. The van der Waals surface area contributed by atoms with Crippen LogP contribution in [-0.4, -0.2) is 76.2 Å². The molecule has 13 nitrogen and oxygen atoms in total. The summed E-state index contributed by atoms with van der Waals surface area (Å²) < 4.78 is 12.3. The van der Waals surface area contributed by atoms with Gasteiger partial charge in [0.1, 0.15) is 23.7 Å². The number of benzene rings is 2. The van der Waals surface area contributed by atoms with Crippen LogP contribution < -0.4 is 26.2 Å². The maximum absolute atomic E-state index is 13.3. The first-order valence-electron chi connectivity index (χ1n) is 16.5. The van der Waals surface area contributed by atoms with Gasteiger partial charge in [0.2, 0.25) is 11.8 Å². The predicted molar refractivity (Wildman–Crippen MR) is 197 cm³/mol. The normalized spacial score (nSPS) is 16.9. The summed E-state index contributed by atoms with van der Waals surface area (Å²) in [5.74, 6) is 0.649. The van der Waals surface area contributed by atoms with Gasteiger partial charge in [-0.25, -0.2) is 14.8 Å². The van der Waals surface area contributed by atoms with Crippen LogP contribution in [-0.2, 0) is 16.1 Å². The maximum atomic E-state index is 13.3. The van der Waals surface area contributed by atoms with Gasteiger partial charge in [0, 0.05) is 60.2 Å². The van der Waals surface area contributed by atoms with E-state index in [4.69, 9.17) is 32.7 Å². The van der Waals surface area contributed by atoms with Crippen molar-refractivity contribution in [2.24, 2.45) is 4.99 Å². The molecule has 5 heterocycles. The van der Waals surface area contributed by atoms with E-state index in [9.17, 15) is 19.5 Å². The largest absolute Gasteiger partial charge is 0.481 e. The number of hydrogen-bond acceptors (Lipinski definition) is 10. The number of carbonyl (C=O) groups excluding carboxylic acids is 2. The molecule has 2 aliphatic heterocycles. The van der Waals surface area contributed by atoms with E-state index < -0.39 is 12.2 Å². The van der Waals surface area contributed by atoms with E-state index >= 15 is 0 Å². The SMILES string of the molecule is COc1nc(-c2cccc(-c3cccc(-c4ccn5c(=O)c(C6=NCC(O)CN6)cnc5c4)c3Cl)c2Cl)ccc1COC(=O)NC[C@@H]1CCC(=O)N1. The fourth-order valence-corrected chi connectivity index (χ4v) is 6.82. The van der Waals surface area contributed by atoms with Crippen LogP contribution in [0.3, 0.4) is 0 Å². The van der Waals surface area contributed by atoms with Crippen molar-refractivity contribution in [3.8, 4) is 39.4 Å². The highest BCUT2D eigenvalue weighted by Crippen LogP contribution is 2.42. The predicted octanol–water partition coefficient (Wildman–Crippen LogP) is 4.62. The van der Waals surface area contributed by atoms with E-state index in [-0.39, 0.29) is 43.1 Å². The number of ether oxygens (including phenoxy) is 2. The Bertz CT molecular complexity index is 2300. The second kappa shape index (κ2) is 15.0. The van der Waals surface area contributed by atoms with Gasteiger partial charge in [0.25, 0.3) is 5.56 Å². The van der Waals surface area contributed by atoms with Gasteiger partial charge in [0.05, 0.1) is 41.1 Å². The first-order valence-corrected chi connectivity index (χ1v) is 17.3. The molecule has 15 heteroatoms. The quantitative estimate of drug-likeness (QED) is 0.169. The minimum Gasteiger partial charge on any atom is -0.481 e. The first-order chi connectivity index (χ1) is 25.2. The molecule has 2 amide bonds. The van der Waals surface area contributed by atoms with Gasteiger partial charge < -0.3 is 30.5 Å². The summed E-state index contributed by atoms with van der Waals surface area (Å²) in [5.41, 5.74) is 5.03. The molecule has 1 saturated heterocycles. The number of amides is 2. The van der Waals surface area contributed by atoms with Crippen LogP contribution in [0.4, 0.5) is 4.79 Å². The number of rotatable bonds is 9. The van der Waals surface area contributed by atoms with E-state index in [1.807, 2.05) is 36.4 Å². The number of aliphatic hydroxyl groups is 1. The van der Waals surface area contributed by atoms with Crippen molar-refractivity contribution in [1.82, 2.24) is 30.3 Å². The van der Waals surface area contributed by atoms with Crippen LogP contribution in [0.2, 0.25) is 10.0 Å². The number of fused-ring (bicyclic) bond motifs is 1. The molecule has 2 aliphatic rings. The van der Waals surface area contributed by atoms with E-state index in [2.05, 4.69) is 30.9 Å². The van der Waals surface area contributed by atoms with Crippen LogP contribution in [0, 0.1) is 0 Å². The van der Waals surface area contributed by atoms with Gasteiger partial charge in [-0.1, -0.05) is 59.6 Å². The number of hydrogen-bond donors (Lipinski definition) is 4. The third-order valence-corrected chi connectivity index (χ3v) is 9.69. The summed E-state index contributed by atoms with van der Waals surface area (Å²) >= 11 is 14.1. The summed E-state index contributed by atoms with van der Waals surface area (Å²) in [5, 5.41) is 19.1. The Morgan fingerprint density at radius 3 is 2.48 bits per heavy atom. The summed E-state index contributed by atoms with van der Waals surface area (Å²) in [4.78, 5) is 50.4. The molecular formula is C37H33Cl2N7O6. The molecule has 1 fully saturated rings. The van der Waals surface area contributed by atoms with Crippen molar-refractivity contribution in [3.05, 3.63) is 105 Å². The van der Waals surface area contributed by atoms with Crippen molar-refractivity contribution in [2.75, 3.05) is 26.7 Å². The molecule has 5 aromatic rings. The van der Waals surface area contributed by atoms with Gasteiger partial charge in [-0.05, 0) is 36.2 Å². The molecule has 2 aromatic carbocycles. The number of alkyl carbamates (subject to hydrolysis) is 1. The lowest BCUT2D eigenvalue weighted by atomic mass is 9.97. The molecule has 266 valence electrons. The van der Waals surface area contributed by atoms with Crippen molar-refractivity contribution in [3.63, 3.8) is 0 Å². The van der Waals surface area contributed by atoms with Crippen molar-refractivity contribution < 1.29 is 24.2 Å². The highest BCUT2D eigenvalue weighted by Gasteiger charge is 2.22. The number of aliphatic hydroxyl groups excluding tert-OH is 1. The van der Waals surface area contributed by atoms with Gasteiger partial charge in [0.15, 0.2) is 0 Å². The average Bonchev–Trinajstić information content (AvgIpc) is 3.58. The van der Waals surface area contributed by atoms with Gasteiger partial charge in [-0.3, -0.25) is 19.0 Å². The third-order valence-electron chi connectivity index (χ3n) is 8.87. The molecule has 7 rings (SSSR count). The number of nitrogens with zero attached hydrogens (tertiary/aromatic N) is 4. The zero-order valence-electron chi connectivity index (χ0n) is 27.9. The van der Waals surface area contributed by atoms with Crippen LogP contribution in [0.1, 0.15) is 24.0 Å². The average molecular weight is 743 g/mol. The lowest BCUT2D eigenvalue weighted by Gasteiger charge is -2.18. The molecule has 4 N–H and O–H groups in total. The van der Waals surface area contributed by atoms with E-state index in [1.54, 1.807) is 30.5 Å². The molecule has 3 aromatic heterocycles. The van der Waals surface area contributed by atoms with E-state index in [0.717, 1.165) is 11.1 Å². The topological polar surface area (TPSA) is 169 Å². The lowest BCUT2D eigenvalue weighted by molar-refractivity contribution is -0.119. The number of halogens is 2. The van der Waals surface area contributed by atoms with Crippen molar-refractivity contribution in [2.45, 2.75) is 31.6 Å². The number of carbonyl (C=O) groups is 2. The summed E-state index contributed by atoms with van der Waals surface area (Å²) in [7, 11) is 1.48. The second-order valence-electron chi connectivity index (χ2n) is 12.3. The molecule has 0 saturated carbocycles. The Balaban J connectivity index is 1.12. The first kappa shape index (κ1) is 34.9. The highest BCUT2D eigenvalue weighted by molar-refractivity contribution is 6.39. The molecule has 2 atom stereocenters. The Labute approximate surface area is 307 Å². The molecule has 0 spiro atoms. The number of aromatic nitrogens is 3. The fraction of sp³-hybridized carbons (Fsp3) is 0.243.